The van der Waals surface area contributed by atoms with Gasteiger partial charge in [0.1, 0.15) is 11.0 Å². The van der Waals surface area contributed by atoms with Gasteiger partial charge in [-0.25, -0.2) is 8.42 Å². The molecule has 0 radical (unpaired) electrons. The van der Waals surface area contributed by atoms with E-state index in [2.05, 4.69) is 10.5 Å². The molecule has 1 aromatic heterocycles. The van der Waals surface area contributed by atoms with E-state index in [9.17, 15) is 18.0 Å². The number of likely N-dealkylation sites (N-methyl/N-ethyl adjacent to an activating group) is 1. The van der Waals surface area contributed by atoms with Crippen LogP contribution in [0.25, 0.3) is 0 Å². The van der Waals surface area contributed by atoms with E-state index in [1.54, 1.807) is 13.0 Å². The zero-order chi connectivity index (χ0) is 16.3. The topological polar surface area (TPSA) is 110 Å². The normalized spacial score (nSPS) is 20.4. The number of aryl methyl sites for hydroxylation is 1. The maximum absolute atomic E-state index is 12.2. The van der Waals surface area contributed by atoms with E-state index >= 15 is 0 Å². The van der Waals surface area contributed by atoms with Gasteiger partial charge >= 0.3 is 0 Å². The SMILES string of the molecule is Cc1cc(NC(=O)CN(C)C(=O)C2CCCCS2(=O)=O)no1. The molecule has 9 heteroatoms. The molecule has 1 fully saturated rings. The van der Waals surface area contributed by atoms with Crippen molar-refractivity contribution in [3.63, 3.8) is 0 Å². The fourth-order valence-electron chi connectivity index (χ4n) is 2.38. The van der Waals surface area contributed by atoms with Crippen LogP contribution in [-0.4, -0.2) is 54.9 Å². The third-order valence-corrected chi connectivity index (χ3v) is 5.67. The monoisotopic (exact) mass is 329 g/mol. The quantitative estimate of drug-likeness (QED) is 0.853. The fourth-order valence-corrected chi connectivity index (χ4v) is 4.28. The van der Waals surface area contributed by atoms with Crippen LogP contribution in [0, 0.1) is 6.92 Å². The summed E-state index contributed by atoms with van der Waals surface area (Å²) >= 11 is 0. The first kappa shape index (κ1) is 16.5. The third-order valence-electron chi connectivity index (χ3n) is 3.51. The standard InChI is InChI=1S/C13H19N3O5S/c1-9-7-11(15-21-9)14-12(17)8-16(2)13(18)10-5-3-4-6-22(10,19)20/h7,10H,3-6,8H2,1-2H3,(H,14,15,17). The first-order valence-electron chi connectivity index (χ1n) is 6.99. The van der Waals surface area contributed by atoms with Crippen molar-refractivity contribution in [2.45, 2.75) is 31.4 Å². The van der Waals surface area contributed by atoms with Crippen molar-refractivity contribution in [3.8, 4) is 0 Å². The van der Waals surface area contributed by atoms with Crippen LogP contribution < -0.4 is 5.32 Å². The van der Waals surface area contributed by atoms with Crippen molar-refractivity contribution >= 4 is 27.5 Å². The summed E-state index contributed by atoms with van der Waals surface area (Å²) in [7, 11) is -1.99. The van der Waals surface area contributed by atoms with Gasteiger partial charge in [-0.15, -0.1) is 0 Å². The molecule has 2 rings (SSSR count). The highest BCUT2D eigenvalue weighted by molar-refractivity contribution is 7.92. The molecule has 2 heterocycles. The van der Waals surface area contributed by atoms with E-state index in [0.29, 0.717) is 25.0 Å². The fraction of sp³-hybridized carbons (Fsp3) is 0.615. The predicted molar refractivity (Wildman–Crippen MR) is 78.9 cm³/mol. The Morgan fingerprint density at radius 1 is 1.45 bits per heavy atom. The zero-order valence-corrected chi connectivity index (χ0v) is 13.4. The van der Waals surface area contributed by atoms with Crippen molar-refractivity contribution in [2.75, 3.05) is 24.7 Å². The lowest BCUT2D eigenvalue weighted by atomic mass is 10.1. The minimum absolute atomic E-state index is 0.0294. The molecule has 1 aliphatic heterocycles. The van der Waals surface area contributed by atoms with Crippen molar-refractivity contribution in [1.29, 1.82) is 0 Å². The van der Waals surface area contributed by atoms with Crippen LogP contribution in [0.2, 0.25) is 0 Å². The lowest BCUT2D eigenvalue weighted by molar-refractivity contribution is -0.133. The lowest BCUT2D eigenvalue weighted by Crippen LogP contribution is -2.46. The Bertz CT molecular complexity index is 667. The van der Waals surface area contributed by atoms with E-state index in [0.717, 1.165) is 4.90 Å². The van der Waals surface area contributed by atoms with Crippen LogP contribution in [0.3, 0.4) is 0 Å². The van der Waals surface area contributed by atoms with E-state index in [1.807, 2.05) is 0 Å². The van der Waals surface area contributed by atoms with Gasteiger partial charge in [-0.1, -0.05) is 11.6 Å². The van der Waals surface area contributed by atoms with E-state index in [-0.39, 0.29) is 18.1 Å². The second kappa shape index (κ2) is 6.47. The second-order valence-corrected chi connectivity index (χ2v) is 7.72. The number of aromatic nitrogens is 1. The highest BCUT2D eigenvalue weighted by atomic mass is 32.2. The maximum Gasteiger partial charge on any atom is 0.245 e. The van der Waals surface area contributed by atoms with E-state index in [1.165, 1.54) is 7.05 Å². The lowest BCUT2D eigenvalue weighted by Gasteiger charge is -2.26. The minimum atomic E-state index is -3.41. The van der Waals surface area contributed by atoms with Crippen molar-refractivity contribution in [1.82, 2.24) is 10.1 Å². The Balaban J connectivity index is 1.94. The van der Waals surface area contributed by atoms with Crippen LogP contribution in [0.5, 0.6) is 0 Å². The van der Waals surface area contributed by atoms with Gasteiger partial charge in [0.05, 0.1) is 12.3 Å². The first-order chi connectivity index (χ1) is 10.3. The van der Waals surface area contributed by atoms with Gasteiger partial charge in [0, 0.05) is 13.1 Å². The molecular formula is C13H19N3O5S. The number of carbonyl (C=O) groups is 2. The molecule has 0 bridgehead atoms. The van der Waals surface area contributed by atoms with Crippen LogP contribution >= 0.6 is 0 Å². The second-order valence-electron chi connectivity index (χ2n) is 5.42. The maximum atomic E-state index is 12.2. The summed E-state index contributed by atoms with van der Waals surface area (Å²) in [6, 6.07) is 1.55. The number of rotatable bonds is 4. The minimum Gasteiger partial charge on any atom is -0.360 e. The molecule has 1 N–H and O–H groups in total. The zero-order valence-electron chi connectivity index (χ0n) is 12.5. The summed E-state index contributed by atoms with van der Waals surface area (Å²) < 4.78 is 28.7. The molecule has 1 saturated heterocycles. The Kier molecular flexibility index (Phi) is 4.84. The number of nitrogens with one attached hydrogen (secondary N) is 1. The average Bonchev–Trinajstić information content (AvgIpc) is 2.82. The molecule has 1 atom stereocenters. The summed E-state index contributed by atoms with van der Waals surface area (Å²) in [5.41, 5.74) is 0. The Morgan fingerprint density at radius 3 is 2.77 bits per heavy atom. The average molecular weight is 329 g/mol. The summed E-state index contributed by atoms with van der Waals surface area (Å²) in [6.07, 6.45) is 1.60. The molecule has 0 aromatic carbocycles. The Hall–Kier alpha value is -1.90. The van der Waals surface area contributed by atoms with Gasteiger partial charge < -0.3 is 14.7 Å². The third kappa shape index (κ3) is 3.85. The molecule has 8 nitrogen and oxygen atoms in total. The summed E-state index contributed by atoms with van der Waals surface area (Å²) in [4.78, 5) is 25.2. The highest BCUT2D eigenvalue weighted by Crippen LogP contribution is 2.21. The molecular weight excluding hydrogens is 310 g/mol. The smallest absolute Gasteiger partial charge is 0.245 e. The Morgan fingerprint density at radius 2 is 2.18 bits per heavy atom. The van der Waals surface area contributed by atoms with E-state index in [4.69, 9.17) is 4.52 Å². The van der Waals surface area contributed by atoms with Crippen molar-refractivity contribution in [3.05, 3.63) is 11.8 Å². The molecule has 0 aliphatic carbocycles. The first-order valence-corrected chi connectivity index (χ1v) is 8.71. The van der Waals surface area contributed by atoms with Crippen LogP contribution in [-0.2, 0) is 19.4 Å². The molecule has 0 saturated carbocycles. The van der Waals surface area contributed by atoms with Gasteiger partial charge in [-0.3, -0.25) is 9.59 Å². The number of hydrogen-bond donors (Lipinski definition) is 1. The van der Waals surface area contributed by atoms with Crippen molar-refractivity contribution < 1.29 is 22.5 Å². The van der Waals surface area contributed by atoms with Crippen molar-refractivity contribution in [2.24, 2.45) is 0 Å². The molecule has 1 unspecified atom stereocenters. The molecule has 1 aliphatic rings. The molecule has 0 spiro atoms. The summed E-state index contributed by atoms with van der Waals surface area (Å²) in [5, 5.41) is 5.07. The largest absolute Gasteiger partial charge is 0.360 e. The van der Waals surface area contributed by atoms with Gasteiger partial charge in [0.25, 0.3) is 0 Å². The number of sulfone groups is 1. The van der Waals surface area contributed by atoms with E-state index < -0.39 is 26.9 Å². The molecule has 122 valence electrons. The van der Waals surface area contributed by atoms with Gasteiger partial charge in [-0.05, 0) is 19.8 Å². The number of hydrogen-bond acceptors (Lipinski definition) is 6. The number of amides is 2. The number of carbonyl (C=O) groups excluding carboxylic acids is 2. The van der Waals surface area contributed by atoms with Gasteiger partial charge in [0.2, 0.25) is 11.8 Å². The molecule has 1 aromatic rings. The summed E-state index contributed by atoms with van der Waals surface area (Å²) in [6.45, 7) is 1.45. The van der Waals surface area contributed by atoms with Crippen LogP contribution in [0.1, 0.15) is 25.0 Å². The molecule has 2 amide bonds. The van der Waals surface area contributed by atoms with Gasteiger partial charge in [-0.2, -0.15) is 0 Å². The highest BCUT2D eigenvalue weighted by Gasteiger charge is 2.36. The Labute approximate surface area is 128 Å². The van der Waals surface area contributed by atoms with Crippen LogP contribution in [0.4, 0.5) is 5.82 Å². The number of nitrogens with zero attached hydrogens (tertiary/aromatic N) is 2. The predicted octanol–water partition coefficient (Wildman–Crippen LogP) is 0.347. The summed E-state index contributed by atoms with van der Waals surface area (Å²) in [5.74, 6) is -0.160. The van der Waals surface area contributed by atoms with Crippen LogP contribution in [0.15, 0.2) is 10.6 Å². The van der Waals surface area contributed by atoms with Gasteiger partial charge in [0.15, 0.2) is 15.7 Å². The number of anilines is 1. The molecule has 22 heavy (non-hydrogen) atoms.